The van der Waals surface area contributed by atoms with Crippen LogP contribution in [-0.4, -0.2) is 62.2 Å². The predicted octanol–water partition coefficient (Wildman–Crippen LogP) is 1.90. The first-order valence-electron chi connectivity index (χ1n) is 8.46. The minimum atomic E-state index is -0.282. The van der Waals surface area contributed by atoms with Gasteiger partial charge in [-0.3, -0.25) is 9.69 Å². The second kappa shape index (κ2) is 7.49. The summed E-state index contributed by atoms with van der Waals surface area (Å²) in [6.07, 6.45) is 1.92. The van der Waals surface area contributed by atoms with Gasteiger partial charge >= 0.3 is 0 Å². The van der Waals surface area contributed by atoms with Gasteiger partial charge in [-0.15, -0.1) is 0 Å². The first-order valence-corrected chi connectivity index (χ1v) is 8.46. The van der Waals surface area contributed by atoms with E-state index in [4.69, 9.17) is 9.47 Å². The van der Waals surface area contributed by atoms with Crippen LogP contribution in [0.2, 0.25) is 0 Å². The van der Waals surface area contributed by atoms with Gasteiger partial charge in [-0.1, -0.05) is 6.07 Å². The number of methoxy groups -OCH3 is 2. The van der Waals surface area contributed by atoms with Crippen molar-refractivity contribution in [3.05, 3.63) is 29.6 Å². The van der Waals surface area contributed by atoms with Crippen molar-refractivity contribution in [2.24, 2.45) is 5.92 Å². The van der Waals surface area contributed by atoms with Crippen molar-refractivity contribution in [1.82, 2.24) is 9.80 Å². The maximum Gasteiger partial charge on any atom is 0.240 e. The molecule has 6 heteroatoms. The van der Waals surface area contributed by atoms with Crippen molar-refractivity contribution in [3.8, 4) is 5.75 Å². The van der Waals surface area contributed by atoms with Crippen molar-refractivity contribution < 1.29 is 18.7 Å². The zero-order valence-corrected chi connectivity index (χ0v) is 14.3. The fourth-order valence-electron chi connectivity index (χ4n) is 3.72. The van der Waals surface area contributed by atoms with Crippen LogP contribution in [0.4, 0.5) is 4.39 Å². The number of fused-ring (bicyclic) bond motifs is 2. The summed E-state index contributed by atoms with van der Waals surface area (Å²) in [5.74, 6) is 0.920. The highest BCUT2D eigenvalue weighted by atomic mass is 19.1. The van der Waals surface area contributed by atoms with Crippen molar-refractivity contribution >= 4 is 5.91 Å². The lowest BCUT2D eigenvalue weighted by Crippen LogP contribution is -2.59. The SMILES string of the molecule is COCCN1C[C@H]2CCN(Cc3ccc(OC)cc3F)[C@H](C2)C1=O. The highest BCUT2D eigenvalue weighted by Crippen LogP contribution is 2.31. The first kappa shape index (κ1) is 17.2. The predicted molar refractivity (Wildman–Crippen MR) is 88.3 cm³/mol. The zero-order valence-electron chi connectivity index (χ0n) is 14.3. The van der Waals surface area contributed by atoms with Gasteiger partial charge in [0, 0.05) is 38.4 Å². The Bertz CT molecular complexity index is 596. The number of benzene rings is 1. The molecule has 0 aliphatic carbocycles. The molecule has 2 bridgehead atoms. The number of hydrogen-bond acceptors (Lipinski definition) is 4. The van der Waals surface area contributed by atoms with E-state index in [0.717, 1.165) is 25.9 Å². The zero-order chi connectivity index (χ0) is 17.1. The van der Waals surface area contributed by atoms with Crippen molar-refractivity contribution in [2.75, 3.05) is 40.5 Å². The van der Waals surface area contributed by atoms with Crippen LogP contribution in [0, 0.1) is 11.7 Å². The van der Waals surface area contributed by atoms with Crippen LogP contribution in [0.25, 0.3) is 0 Å². The molecule has 3 rings (SSSR count). The summed E-state index contributed by atoms with van der Waals surface area (Å²) in [7, 11) is 3.17. The van der Waals surface area contributed by atoms with Crippen molar-refractivity contribution in [3.63, 3.8) is 0 Å². The molecule has 2 aliphatic heterocycles. The van der Waals surface area contributed by atoms with E-state index in [1.54, 1.807) is 19.2 Å². The Morgan fingerprint density at radius 3 is 2.88 bits per heavy atom. The van der Waals surface area contributed by atoms with Gasteiger partial charge in [0.1, 0.15) is 11.6 Å². The number of carbonyl (C=O) groups is 1. The van der Waals surface area contributed by atoms with E-state index in [2.05, 4.69) is 4.90 Å². The topological polar surface area (TPSA) is 42.0 Å². The highest BCUT2D eigenvalue weighted by Gasteiger charge is 2.41. The van der Waals surface area contributed by atoms with E-state index in [1.165, 1.54) is 13.2 Å². The van der Waals surface area contributed by atoms with Gasteiger partial charge in [0.05, 0.1) is 19.8 Å². The summed E-state index contributed by atoms with van der Waals surface area (Å²) in [5, 5.41) is 0. The van der Waals surface area contributed by atoms with Crippen LogP contribution in [0.5, 0.6) is 5.75 Å². The van der Waals surface area contributed by atoms with E-state index >= 15 is 0 Å². The molecule has 0 unspecified atom stereocenters. The molecule has 24 heavy (non-hydrogen) atoms. The van der Waals surface area contributed by atoms with Crippen LogP contribution in [-0.2, 0) is 16.1 Å². The Balaban J connectivity index is 1.71. The van der Waals surface area contributed by atoms with E-state index in [0.29, 0.717) is 36.9 Å². The standard InChI is InChI=1S/C18H25FN2O3/c1-23-8-7-21-11-13-5-6-20(17(9-13)18(21)22)12-14-3-4-15(24-2)10-16(14)19/h3-4,10,13,17H,5-9,11-12H2,1-2H3/t13-,17+/m0/s1. The first-order chi connectivity index (χ1) is 11.6. The van der Waals surface area contributed by atoms with Gasteiger partial charge in [0.15, 0.2) is 0 Å². The normalized spacial score (nSPS) is 24.3. The third-order valence-corrected chi connectivity index (χ3v) is 5.10. The minimum Gasteiger partial charge on any atom is -0.497 e. The van der Waals surface area contributed by atoms with Crippen molar-refractivity contribution in [2.45, 2.75) is 25.4 Å². The Morgan fingerprint density at radius 2 is 2.17 bits per heavy atom. The molecule has 0 N–H and O–H groups in total. The van der Waals surface area contributed by atoms with Crippen molar-refractivity contribution in [1.29, 1.82) is 0 Å². The van der Waals surface area contributed by atoms with Crippen LogP contribution < -0.4 is 4.74 Å². The van der Waals surface area contributed by atoms with Gasteiger partial charge in [-0.2, -0.15) is 0 Å². The molecule has 132 valence electrons. The smallest absolute Gasteiger partial charge is 0.240 e. The molecule has 1 amide bonds. The number of ether oxygens (including phenoxy) is 2. The quantitative estimate of drug-likeness (QED) is 0.796. The summed E-state index contributed by atoms with van der Waals surface area (Å²) >= 11 is 0. The molecule has 1 aromatic rings. The third kappa shape index (κ3) is 3.54. The molecular weight excluding hydrogens is 311 g/mol. The fraction of sp³-hybridized carbons (Fsp3) is 0.611. The third-order valence-electron chi connectivity index (χ3n) is 5.10. The van der Waals surface area contributed by atoms with Gasteiger partial charge in [0.2, 0.25) is 5.91 Å². The average molecular weight is 336 g/mol. The van der Waals surface area contributed by atoms with Gasteiger partial charge < -0.3 is 14.4 Å². The molecular formula is C18H25FN2O3. The molecule has 0 radical (unpaired) electrons. The average Bonchev–Trinajstić information content (AvgIpc) is 2.60. The molecule has 2 fully saturated rings. The number of nitrogens with zero attached hydrogens (tertiary/aromatic N) is 2. The number of hydrogen-bond donors (Lipinski definition) is 0. The molecule has 2 heterocycles. The van der Waals surface area contributed by atoms with Crippen LogP contribution in [0.3, 0.4) is 0 Å². The van der Waals surface area contributed by atoms with E-state index < -0.39 is 0 Å². The maximum atomic E-state index is 14.2. The Morgan fingerprint density at radius 1 is 1.33 bits per heavy atom. The lowest BCUT2D eigenvalue weighted by atomic mass is 9.85. The molecule has 0 aromatic heterocycles. The lowest BCUT2D eigenvalue weighted by Gasteiger charge is -2.46. The second-order valence-corrected chi connectivity index (χ2v) is 6.61. The van der Waals surface area contributed by atoms with E-state index in [-0.39, 0.29) is 17.8 Å². The number of carbonyl (C=O) groups excluding carboxylic acids is 1. The Hall–Kier alpha value is -1.66. The fourth-order valence-corrected chi connectivity index (χ4v) is 3.72. The number of amides is 1. The minimum absolute atomic E-state index is 0.143. The lowest BCUT2D eigenvalue weighted by molar-refractivity contribution is -0.146. The second-order valence-electron chi connectivity index (χ2n) is 6.61. The van der Waals surface area contributed by atoms with Crippen LogP contribution >= 0.6 is 0 Å². The molecule has 0 saturated carbocycles. The number of rotatable bonds is 6. The number of halogens is 1. The Kier molecular flexibility index (Phi) is 5.36. The largest absolute Gasteiger partial charge is 0.497 e. The van der Waals surface area contributed by atoms with E-state index in [1.807, 2.05) is 4.90 Å². The summed E-state index contributed by atoms with van der Waals surface area (Å²) in [6, 6.07) is 4.76. The highest BCUT2D eigenvalue weighted by molar-refractivity contribution is 5.83. The molecule has 2 atom stereocenters. The molecule has 0 spiro atoms. The number of piperidine rings is 2. The molecule has 5 nitrogen and oxygen atoms in total. The summed E-state index contributed by atoms with van der Waals surface area (Å²) in [4.78, 5) is 16.8. The molecule has 1 aromatic carbocycles. The van der Waals surface area contributed by atoms with Crippen LogP contribution in [0.1, 0.15) is 18.4 Å². The monoisotopic (exact) mass is 336 g/mol. The van der Waals surface area contributed by atoms with Crippen LogP contribution in [0.15, 0.2) is 18.2 Å². The summed E-state index contributed by atoms with van der Waals surface area (Å²) in [6.45, 7) is 3.30. The summed E-state index contributed by atoms with van der Waals surface area (Å²) < 4.78 is 24.4. The maximum absolute atomic E-state index is 14.2. The number of likely N-dealkylation sites (tertiary alicyclic amines) is 2. The molecule has 2 aliphatic rings. The Labute approximate surface area is 142 Å². The van der Waals surface area contributed by atoms with E-state index in [9.17, 15) is 9.18 Å². The van der Waals surface area contributed by atoms with Gasteiger partial charge in [0.25, 0.3) is 0 Å². The van der Waals surface area contributed by atoms with Gasteiger partial charge in [-0.05, 0) is 31.4 Å². The molecule has 2 saturated heterocycles. The summed E-state index contributed by atoms with van der Waals surface area (Å²) in [5.41, 5.74) is 0.607. The van der Waals surface area contributed by atoms with Gasteiger partial charge in [-0.25, -0.2) is 4.39 Å².